The minimum absolute atomic E-state index is 0.0509. The van der Waals surface area contributed by atoms with Gasteiger partial charge in [-0.3, -0.25) is 9.78 Å². The molecule has 0 aliphatic rings. The summed E-state index contributed by atoms with van der Waals surface area (Å²) in [5.74, 6) is 0.285. The van der Waals surface area contributed by atoms with Gasteiger partial charge in [0.15, 0.2) is 6.61 Å². The summed E-state index contributed by atoms with van der Waals surface area (Å²) in [5, 5.41) is 3.14. The van der Waals surface area contributed by atoms with Crippen molar-refractivity contribution in [2.45, 2.75) is 0 Å². The highest BCUT2D eigenvalue weighted by molar-refractivity contribution is 6.32. The second kappa shape index (κ2) is 10.9. The second-order valence-electron chi connectivity index (χ2n) is 6.83. The second-order valence-corrected chi connectivity index (χ2v) is 7.24. The molecule has 9 heteroatoms. The Hall–Kier alpha value is -4.43. The van der Waals surface area contributed by atoms with Crippen LogP contribution < -0.4 is 14.8 Å². The highest BCUT2D eigenvalue weighted by atomic mass is 35.5. The summed E-state index contributed by atoms with van der Waals surface area (Å²) in [7, 11) is 0. The van der Waals surface area contributed by atoms with Crippen molar-refractivity contribution in [1.82, 2.24) is 9.97 Å². The monoisotopic (exact) mass is 475 g/mol. The third-order valence-corrected chi connectivity index (χ3v) is 4.69. The Kier molecular flexibility index (Phi) is 7.32. The first-order chi connectivity index (χ1) is 16.6. The Morgan fingerprint density at radius 3 is 2.41 bits per heavy atom. The molecule has 170 valence electrons. The van der Waals surface area contributed by atoms with Gasteiger partial charge in [0, 0.05) is 18.1 Å². The molecule has 0 radical (unpaired) electrons. The van der Waals surface area contributed by atoms with Crippen molar-refractivity contribution in [1.29, 1.82) is 0 Å². The maximum atomic E-state index is 12.5. The molecule has 0 atom stereocenters. The Morgan fingerprint density at radius 2 is 1.65 bits per heavy atom. The molecule has 0 aliphatic carbocycles. The number of para-hydroxylation sites is 1. The Morgan fingerprint density at radius 1 is 0.853 bits per heavy atom. The van der Waals surface area contributed by atoms with E-state index >= 15 is 0 Å². The number of amides is 1. The van der Waals surface area contributed by atoms with Crippen molar-refractivity contribution in [3.63, 3.8) is 0 Å². The van der Waals surface area contributed by atoms with Crippen molar-refractivity contribution >= 4 is 29.2 Å². The van der Waals surface area contributed by atoms with Crippen molar-refractivity contribution in [2.75, 3.05) is 11.9 Å². The van der Waals surface area contributed by atoms with Gasteiger partial charge in [0.1, 0.15) is 22.8 Å². The number of esters is 1. The zero-order valence-corrected chi connectivity index (χ0v) is 18.4. The first kappa shape index (κ1) is 22.8. The van der Waals surface area contributed by atoms with Crippen LogP contribution in [0.2, 0.25) is 5.02 Å². The fraction of sp³-hybridized carbons (Fsp3) is 0.0400. The molecule has 0 bridgehead atoms. The molecular weight excluding hydrogens is 458 g/mol. The van der Waals surface area contributed by atoms with Crippen LogP contribution in [-0.4, -0.2) is 28.5 Å². The molecule has 2 aromatic heterocycles. The number of ether oxygens (including phenoxy) is 3. The smallest absolute Gasteiger partial charge is 0.344 e. The number of rotatable bonds is 8. The van der Waals surface area contributed by atoms with Crippen LogP contribution in [0.4, 0.5) is 5.69 Å². The molecule has 4 aromatic rings. The predicted octanol–water partition coefficient (Wildman–Crippen LogP) is 5.51. The van der Waals surface area contributed by atoms with Crippen LogP contribution in [0.1, 0.15) is 10.4 Å². The van der Waals surface area contributed by atoms with E-state index in [1.165, 1.54) is 18.5 Å². The summed E-state index contributed by atoms with van der Waals surface area (Å²) in [4.78, 5) is 32.8. The van der Waals surface area contributed by atoms with Gasteiger partial charge in [0.2, 0.25) is 5.88 Å². The summed E-state index contributed by atoms with van der Waals surface area (Å²) >= 11 is 6.09. The summed E-state index contributed by atoms with van der Waals surface area (Å²) in [6.07, 6.45) is 4.56. The van der Waals surface area contributed by atoms with Crippen LogP contribution in [0, 0.1) is 0 Å². The van der Waals surface area contributed by atoms with Crippen molar-refractivity contribution < 1.29 is 23.8 Å². The largest absolute Gasteiger partial charge is 0.456 e. The lowest BCUT2D eigenvalue weighted by Gasteiger charge is -2.10. The maximum absolute atomic E-state index is 12.5. The summed E-state index contributed by atoms with van der Waals surface area (Å²) in [6, 6.07) is 20.2. The van der Waals surface area contributed by atoms with E-state index in [4.69, 9.17) is 25.8 Å². The van der Waals surface area contributed by atoms with Gasteiger partial charge < -0.3 is 19.5 Å². The molecule has 1 amide bonds. The molecule has 0 spiro atoms. The van der Waals surface area contributed by atoms with E-state index in [9.17, 15) is 9.59 Å². The van der Waals surface area contributed by atoms with Crippen LogP contribution >= 0.6 is 11.6 Å². The third-order valence-electron chi connectivity index (χ3n) is 4.38. The Balaban J connectivity index is 1.31. The van der Waals surface area contributed by atoms with Crippen molar-refractivity contribution in [3.8, 4) is 23.1 Å². The van der Waals surface area contributed by atoms with Crippen LogP contribution in [0.25, 0.3) is 0 Å². The molecule has 0 saturated heterocycles. The molecule has 8 nitrogen and oxygen atoms in total. The number of benzene rings is 2. The van der Waals surface area contributed by atoms with Crippen LogP contribution in [0.15, 0.2) is 91.4 Å². The van der Waals surface area contributed by atoms with Gasteiger partial charge in [-0.15, -0.1) is 0 Å². The SMILES string of the molecule is O=C(COC(=O)c1cccnc1Oc1cccnc1)Nc1ccc(Oc2ccccc2Cl)cc1. The van der Waals surface area contributed by atoms with Gasteiger partial charge in [-0.2, -0.15) is 0 Å². The van der Waals surface area contributed by atoms with E-state index in [0.717, 1.165) is 0 Å². The number of nitrogens with zero attached hydrogens (tertiary/aromatic N) is 2. The zero-order chi connectivity index (χ0) is 23.8. The quantitative estimate of drug-likeness (QED) is 0.335. The average Bonchev–Trinajstić information content (AvgIpc) is 2.86. The standard InChI is InChI=1S/C25H18ClN3O5/c26-21-7-1-2-8-22(21)33-18-11-9-17(10-12-18)29-23(30)16-32-25(31)20-6-4-14-28-24(20)34-19-5-3-13-27-15-19/h1-15H,16H2,(H,29,30). The van der Waals surface area contributed by atoms with Gasteiger partial charge in [0.25, 0.3) is 5.91 Å². The number of hydrogen-bond donors (Lipinski definition) is 1. The number of carbonyl (C=O) groups is 2. The van der Waals surface area contributed by atoms with Gasteiger partial charge >= 0.3 is 5.97 Å². The summed E-state index contributed by atoms with van der Waals surface area (Å²) in [6.45, 7) is -0.488. The van der Waals surface area contributed by atoms with Crippen molar-refractivity contribution in [2.24, 2.45) is 0 Å². The minimum atomic E-state index is -0.745. The van der Waals surface area contributed by atoms with Crippen LogP contribution in [-0.2, 0) is 9.53 Å². The number of aromatic nitrogens is 2. The summed E-state index contributed by atoms with van der Waals surface area (Å²) < 4.78 is 16.4. The molecule has 34 heavy (non-hydrogen) atoms. The number of carbonyl (C=O) groups excluding carboxylic acids is 2. The molecule has 0 saturated carbocycles. The number of anilines is 1. The minimum Gasteiger partial charge on any atom is -0.456 e. The predicted molar refractivity (Wildman–Crippen MR) is 125 cm³/mol. The van der Waals surface area contributed by atoms with E-state index in [1.54, 1.807) is 60.8 Å². The van der Waals surface area contributed by atoms with E-state index in [-0.39, 0.29) is 11.4 Å². The van der Waals surface area contributed by atoms with E-state index in [2.05, 4.69) is 15.3 Å². The molecule has 2 aromatic carbocycles. The molecule has 4 rings (SSSR count). The fourth-order valence-corrected chi connectivity index (χ4v) is 2.99. The molecule has 0 aliphatic heterocycles. The lowest BCUT2D eigenvalue weighted by Crippen LogP contribution is -2.21. The van der Waals surface area contributed by atoms with E-state index in [0.29, 0.717) is 28.0 Å². The highest BCUT2D eigenvalue weighted by Gasteiger charge is 2.17. The molecule has 0 fully saturated rings. The Bertz CT molecular complexity index is 1280. The first-order valence-electron chi connectivity index (χ1n) is 10.1. The van der Waals surface area contributed by atoms with Gasteiger partial charge in [-0.05, 0) is 60.7 Å². The van der Waals surface area contributed by atoms with Crippen LogP contribution in [0.3, 0.4) is 0 Å². The van der Waals surface area contributed by atoms with Crippen LogP contribution in [0.5, 0.6) is 23.1 Å². The normalized spacial score (nSPS) is 10.3. The molecule has 1 N–H and O–H groups in total. The number of nitrogens with one attached hydrogen (secondary N) is 1. The lowest BCUT2D eigenvalue weighted by molar-refractivity contribution is -0.119. The van der Waals surface area contributed by atoms with E-state index in [1.807, 2.05) is 12.1 Å². The third kappa shape index (κ3) is 6.08. The zero-order valence-electron chi connectivity index (χ0n) is 17.7. The molecular formula is C25H18ClN3O5. The van der Waals surface area contributed by atoms with Gasteiger partial charge in [0.05, 0.1) is 11.2 Å². The molecule has 2 heterocycles. The van der Waals surface area contributed by atoms with E-state index < -0.39 is 18.5 Å². The van der Waals surface area contributed by atoms with Crippen molar-refractivity contribution in [3.05, 3.63) is 102 Å². The average molecular weight is 476 g/mol. The number of halogens is 1. The first-order valence-corrected chi connectivity index (χ1v) is 10.5. The lowest BCUT2D eigenvalue weighted by atomic mass is 10.2. The highest BCUT2D eigenvalue weighted by Crippen LogP contribution is 2.29. The fourth-order valence-electron chi connectivity index (χ4n) is 2.81. The Labute approximate surface area is 200 Å². The number of hydrogen-bond acceptors (Lipinski definition) is 7. The topological polar surface area (TPSA) is 99.6 Å². The molecule has 0 unspecified atom stereocenters. The van der Waals surface area contributed by atoms with Gasteiger partial charge in [-0.25, -0.2) is 9.78 Å². The summed E-state index contributed by atoms with van der Waals surface area (Å²) in [5.41, 5.74) is 0.592. The van der Waals surface area contributed by atoms with Gasteiger partial charge in [-0.1, -0.05) is 23.7 Å². The number of pyridine rings is 2. The maximum Gasteiger partial charge on any atom is 0.344 e.